The Labute approximate surface area is 123 Å². The highest BCUT2D eigenvalue weighted by Gasteiger charge is 2.17. The number of benzene rings is 2. The van der Waals surface area contributed by atoms with Gasteiger partial charge in [-0.3, -0.25) is 0 Å². The Morgan fingerprint density at radius 1 is 0.905 bits per heavy atom. The molecule has 102 valence electrons. The van der Waals surface area contributed by atoms with Crippen molar-refractivity contribution in [3.05, 3.63) is 71.9 Å². The van der Waals surface area contributed by atoms with Gasteiger partial charge >= 0.3 is 0 Å². The average molecular weight is 273 g/mol. The fourth-order valence-corrected chi connectivity index (χ4v) is 2.89. The summed E-state index contributed by atoms with van der Waals surface area (Å²) >= 11 is 0. The van der Waals surface area contributed by atoms with E-state index in [-0.39, 0.29) is 0 Å². The minimum absolute atomic E-state index is 0.709. The highest BCUT2D eigenvalue weighted by atomic mass is 15.0. The zero-order valence-corrected chi connectivity index (χ0v) is 11.5. The molecule has 0 spiro atoms. The van der Waals surface area contributed by atoms with Crippen molar-refractivity contribution in [2.75, 3.05) is 11.1 Å². The van der Waals surface area contributed by atoms with Gasteiger partial charge in [0.1, 0.15) is 5.82 Å². The minimum Gasteiger partial charge on any atom is -0.399 e. The van der Waals surface area contributed by atoms with Gasteiger partial charge in [-0.2, -0.15) is 0 Å². The maximum absolute atomic E-state index is 5.78. The Hall–Kier alpha value is -2.81. The Kier molecular flexibility index (Phi) is 2.64. The van der Waals surface area contributed by atoms with Crippen LogP contribution in [-0.2, 0) is 6.42 Å². The predicted octanol–water partition coefficient (Wildman–Crippen LogP) is 3.98. The lowest BCUT2D eigenvalue weighted by molar-refractivity contribution is 1.26. The maximum atomic E-state index is 5.78. The largest absolute Gasteiger partial charge is 0.399 e. The number of hydrogen-bond acceptors (Lipinski definition) is 3. The van der Waals surface area contributed by atoms with Gasteiger partial charge in [0.2, 0.25) is 0 Å². The lowest BCUT2D eigenvalue weighted by Crippen LogP contribution is -1.95. The first-order chi connectivity index (χ1) is 10.3. The summed E-state index contributed by atoms with van der Waals surface area (Å²) < 4.78 is 0. The second kappa shape index (κ2) is 4.63. The SMILES string of the molecule is Nc1ccnc(Nc2ccc3c(c2)Cc2ccccc2-3)c1. The lowest BCUT2D eigenvalue weighted by Gasteiger charge is -2.08. The zero-order chi connectivity index (χ0) is 14.2. The molecule has 3 N–H and O–H groups in total. The van der Waals surface area contributed by atoms with E-state index in [0.29, 0.717) is 5.69 Å². The molecular weight excluding hydrogens is 258 g/mol. The van der Waals surface area contributed by atoms with Crippen LogP contribution in [0.2, 0.25) is 0 Å². The van der Waals surface area contributed by atoms with Gasteiger partial charge < -0.3 is 11.1 Å². The molecule has 3 nitrogen and oxygen atoms in total. The standard InChI is InChI=1S/C18H15N3/c19-14-7-8-20-18(11-14)21-15-5-6-17-13(10-15)9-12-3-1-2-4-16(12)17/h1-8,10-11H,9H2,(H3,19,20,21). The maximum Gasteiger partial charge on any atom is 0.132 e. The van der Waals surface area contributed by atoms with Crippen molar-refractivity contribution in [3.63, 3.8) is 0 Å². The Morgan fingerprint density at radius 2 is 1.76 bits per heavy atom. The summed E-state index contributed by atoms with van der Waals surface area (Å²) in [6.07, 6.45) is 2.70. The Balaban J connectivity index is 1.67. The van der Waals surface area contributed by atoms with E-state index < -0.39 is 0 Å². The van der Waals surface area contributed by atoms with Crippen LogP contribution in [0.15, 0.2) is 60.8 Å². The minimum atomic E-state index is 0.709. The second-order valence-corrected chi connectivity index (χ2v) is 5.31. The van der Waals surface area contributed by atoms with Crippen LogP contribution in [-0.4, -0.2) is 4.98 Å². The van der Waals surface area contributed by atoms with E-state index in [1.54, 1.807) is 12.3 Å². The first-order valence-electron chi connectivity index (χ1n) is 6.99. The number of hydrogen-bond donors (Lipinski definition) is 2. The summed E-state index contributed by atoms with van der Waals surface area (Å²) in [6, 6.07) is 18.7. The quantitative estimate of drug-likeness (QED) is 0.581. The van der Waals surface area contributed by atoms with E-state index >= 15 is 0 Å². The van der Waals surface area contributed by atoms with Gasteiger partial charge in [0.05, 0.1) is 0 Å². The fraction of sp³-hybridized carbons (Fsp3) is 0.0556. The van der Waals surface area contributed by atoms with Crippen molar-refractivity contribution >= 4 is 17.2 Å². The number of fused-ring (bicyclic) bond motifs is 3. The van der Waals surface area contributed by atoms with Crippen molar-refractivity contribution in [2.24, 2.45) is 0 Å². The van der Waals surface area contributed by atoms with E-state index in [4.69, 9.17) is 5.73 Å². The van der Waals surface area contributed by atoms with E-state index in [2.05, 4.69) is 52.8 Å². The van der Waals surface area contributed by atoms with Crippen LogP contribution in [0.4, 0.5) is 17.2 Å². The highest BCUT2D eigenvalue weighted by molar-refractivity contribution is 5.79. The number of nitrogen functional groups attached to an aromatic ring is 1. The summed E-state index contributed by atoms with van der Waals surface area (Å²) in [5.41, 5.74) is 13.0. The van der Waals surface area contributed by atoms with Gasteiger partial charge in [-0.15, -0.1) is 0 Å². The van der Waals surface area contributed by atoms with Crippen LogP contribution < -0.4 is 11.1 Å². The number of aromatic nitrogens is 1. The van der Waals surface area contributed by atoms with E-state index in [1.807, 2.05) is 6.07 Å². The number of nitrogens with zero attached hydrogens (tertiary/aromatic N) is 1. The van der Waals surface area contributed by atoms with Crippen LogP contribution >= 0.6 is 0 Å². The molecule has 0 fully saturated rings. The predicted molar refractivity (Wildman–Crippen MR) is 86.6 cm³/mol. The molecule has 0 bridgehead atoms. The molecule has 0 unspecified atom stereocenters. The number of nitrogens with two attached hydrogens (primary N) is 1. The van der Waals surface area contributed by atoms with Crippen molar-refractivity contribution < 1.29 is 0 Å². The lowest BCUT2D eigenvalue weighted by atomic mass is 10.1. The van der Waals surface area contributed by atoms with Crippen molar-refractivity contribution in [1.82, 2.24) is 4.98 Å². The molecule has 0 aliphatic heterocycles. The molecule has 1 aliphatic carbocycles. The molecule has 0 saturated heterocycles. The number of pyridine rings is 1. The molecule has 1 aromatic heterocycles. The number of nitrogens with one attached hydrogen (secondary N) is 1. The summed E-state index contributed by atoms with van der Waals surface area (Å²) in [5, 5.41) is 3.31. The van der Waals surface area contributed by atoms with E-state index in [0.717, 1.165) is 17.9 Å². The molecule has 0 saturated carbocycles. The molecule has 3 aromatic rings. The van der Waals surface area contributed by atoms with Crippen LogP contribution in [0, 0.1) is 0 Å². The monoisotopic (exact) mass is 273 g/mol. The first kappa shape index (κ1) is 12.0. The van der Waals surface area contributed by atoms with E-state index in [9.17, 15) is 0 Å². The Bertz CT molecular complexity index is 824. The first-order valence-corrected chi connectivity index (χ1v) is 6.99. The molecule has 1 heterocycles. The third kappa shape index (κ3) is 2.13. The van der Waals surface area contributed by atoms with Crippen LogP contribution in [0.3, 0.4) is 0 Å². The Morgan fingerprint density at radius 3 is 2.67 bits per heavy atom. The molecule has 2 aromatic carbocycles. The van der Waals surface area contributed by atoms with Gasteiger partial charge in [0.25, 0.3) is 0 Å². The smallest absolute Gasteiger partial charge is 0.132 e. The van der Waals surface area contributed by atoms with Crippen LogP contribution in [0.5, 0.6) is 0 Å². The number of rotatable bonds is 2. The van der Waals surface area contributed by atoms with Crippen LogP contribution in [0.25, 0.3) is 11.1 Å². The molecule has 21 heavy (non-hydrogen) atoms. The highest BCUT2D eigenvalue weighted by Crippen LogP contribution is 2.37. The van der Waals surface area contributed by atoms with Crippen molar-refractivity contribution in [3.8, 4) is 11.1 Å². The normalized spacial score (nSPS) is 11.8. The van der Waals surface area contributed by atoms with Gasteiger partial charge in [-0.1, -0.05) is 30.3 Å². The summed E-state index contributed by atoms with van der Waals surface area (Å²) in [7, 11) is 0. The van der Waals surface area contributed by atoms with Gasteiger partial charge in [0.15, 0.2) is 0 Å². The van der Waals surface area contributed by atoms with E-state index in [1.165, 1.54) is 22.3 Å². The van der Waals surface area contributed by atoms with Crippen molar-refractivity contribution in [2.45, 2.75) is 6.42 Å². The van der Waals surface area contributed by atoms with Gasteiger partial charge in [-0.05, 0) is 46.9 Å². The summed E-state index contributed by atoms with van der Waals surface area (Å²) in [6.45, 7) is 0. The fourth-order valence-electron chi connectivity index (χ4n) is 2.89. The topological polar surface area (TPSA) is 50.9 Å². The molecular formula is C18H15N3. The summed E-state index contributed by atoms with van der Waals surface area (Å²) in [4.78, 5) is 4.28. The van der Waals surface area contributed by atoms with Gasteiger partial charge in [0, 0.05) is 23.6 Å². The molecule has 1 aliphatic rings. The molecule has 3 heteroatoms. The molecule has 0 atom stereocenters. The third-order valence-corrected chi connectivity index (χ3v) is 3.85. The third-order valence-electron chi connectivity index (χ3n) is 3.85. The zero-order valence-electron chi connectivity index (χ0n) is 11.5. The summed E-state index contributed by atoms with van der Waals surface area (Å²) in [5.74, 6) is 0.769. The molecule has 4 rings (SSSR count). The number of anilines is 3. The van der Waals surface area contributed by atoms with Gasteiger partial charge in [-0.25, -0.2) is 4.98 Å². The average Bonchev–Trinajstić information content (AvgIpc) is 2.85. The second-order valence-electron chi connectivity index (χ2n) is 5.31. The molecule has 0 radical (unpaired) electrons. The van der Waals surface area contributed by atoms with Crippen molar-refractivity contribution in [1.29, 1.82) is 0 Å². The van der Waals surface area contributed by atoms with Crippen LogP contribution in [0.1, 0.15) is 11.1 Å². The molecule has 0 amide bonds.